The van der Waals surface area contributed by atoms with Crippen molar-refractivity contribution in [2.75, 3.05) is 39.8 Å². The van der Waals surface area contributed by atoms with Crippen molar-refractivity contribution in [2.45, 2.75) is 38.4 Å². The van der Waals surface area contributed by atoms with Crippen LogP contribution >= 0.6 is 0 Å². The fraction of sp³-hybridized carbons (Fsp3) is 0.481. The number of halogens is 1. The lowest BCUT2D eigenvalue weighted by Gasteiger charge is -2.41. The Balaban J connectivity index is 1.31. The van der Waals surface area contributed by atoms with Gasteiger partial charge in [-0.25, -0.2) is 4.39 Å². The lowest BCUT2D eigenvalue weighted by molar-refractivity contribution is -0.111. The summed E-state index contributed by atoms with van der Waals surface area (Å²) in [6.07, 6.45) is 3.41. The van der Waals surface area contributed by atoms with E-state index < -0.39 is 0 Å². The summed E-state index contributed by atoms with van der Waals surface area (Å²) in [5.41, 5.74) is 3.84. The maximum Gasteiger partial charge on any atom is 0.251 e. The van der Waals surface area contributed by atoms with Gasteiger partial charge < -0.3 is 25.0 Å². The maximum absolute atomic E-state index is 13.0. The Labute approximate surface area is 206 Å². The Morgan fingerprint density at radius 2 is 1.94 bits per heavy atom. The van der Waals surface area contributed by atoms with Crippen LogP contribution in [-0.4, -0.2) is 63.2 Å². The van der Waals surface area contributed by atoms with Crippen molar-refractivity contribution in [3.63, 3.8) is 0 Å². The molecule has 35 heavy (non-hydrogen) atoms. The number of hydrogen-bond acceptors (Lipinski definition) is 5. The van der Waals surface area contributed by atoms with Crippen molar-refractivity contribution in [1.82, 2.24) is 15.5 Å². The molecule has 1 fully saturated rings. The number of benzene rings is 2. The Hall–Kier alpha value is -2.97. The molecular weight excluding hydrogens is 449 g/mol. The van der Waals surface area contributed by atoms with Crippen molar-refractivity contribution >= 4 is 12.3 Å². The van der Waals surface area contributed by atoms with Crippen LogP contribution in [0.2, 0.25) is 0 Å². The zero-order valence-electron chi connectivity index (χ0n) is 20.4. The number of carbonyl (C=O) groups excluding carboxylic acids is 2. The van der Waals surface area contributed by atoms with Crippen LogP contribution in [0.5, 0.6) is 5.75 Å². The number of nitrogens with one attached hydrogen (secondary N) is 2. The molecule has 8 heteroatoms. The second-order valence-corrected chi connectivity index (χ2v) is 9.32. The van der Waals surface area contributed by atoms with Gasteiger partial charge in [0.15, 0.2) is 0 Å². The molecule has 2 aliphatic rings. The molecule has 7 nitrogen and oxygen atoms in total. The number of fused-ring (bicyclic) bond motifs is 1. The van der Waals surface area contributed by atoms with E-state index in [1.165, 1.54) is 29.8 Å². The Kier molecular flexibility index (Phi) is 8.36. The maximum atomic E-state index is 13.0. The monoisotopic (exact) mass is 483 g/mol. The molecule has 0 radical (unpaired) electrons. The number of carbonyl (C=O) groups is 2. The third-order valence-corrected chi connectivity index (χ3v) is 7.15. The van der Waals surface area contributed by atoms with E-state index >= 15 is 0 Å². The molecule has 2 aliphatic heterocycles. The summed E-state index contributed by atoms with van der Waals surface area (Å²) in [6.45, 7) is 5.68. The van der Waals surface area contributed by atoms with Gasteiger partial charge >= 0.3 is 0 Å². The third kappa shape index (κ3) is 6.00. The molecule has 0 aromatic heterocycles. The molecule has 188 valence electrons. The highest BCUT2D eigenvalue weighted by molar-refractivity contribution is 5.94. The summed E-state index contributed by atoms with van der Waals surface area (Å²) in [5, 5.41) is 5.70. The van der Waals surface area contributed by atoms with Crippen molar-refractivity contribution in [3.8, 4) is 5.75 Å². The predicted molar refractivity (Wildman–Crippen MR) is 131 cm³/mol. The summed E-state index contributed by atoms with van der Waals surface area (Å²) in [4.78, 5) is 25.5. The minimum Gasteiger partial charge on any atom is -0.496 e. The second-order valence-electron chi connectivity index (χ2n) is 9.32. The van der Waals surface area contributed by atoms with Crippen LogP contribution in [-0.2, 0) is 16.0 Å². The molecule has 0 bridgehead atoms. The molecule has 2 atom stereocenters. The second kappa shape index (κ2) is 11.6. The number of nitrogens with zero attached hydrogens (tertiary/aromatic N) is 1. The van der Waals surface area contributed by atoms with E-state index in [-0.39, 0.29) is 23.9 Å². The van der Waals surface area contributed by atoms with Gasteiger partial charge in [-0.3, -0.25) is 9.59 Å². The number of piperidine rings is 1. The molecule has 0 spiro atoms. The zero-order valence-corrected chi connectivity index (χ0v) is 20.4. The summed E-state index contributed by atoms with van der Waals surface area (Å²) in [5.74, 6) is 0.793. The minimum absolute atomic E-state index is 0.0666. The van der Waals surface area contributed by atoms with E-state index in [0.29, 0.717) is 31.0 Å². The molecule has 1 saturated heterocycles. The normalized spacial score (nSPS) is 20.7. The molecule has 4 rings (SSSR count). The molecule has 0 unspecified atom stereocenters. The van der Waals surface area contributed by atoms with E-state index in [1.807, 2.05) is 6.07 Å². The zero-order chi connectivity index (χ0) is 24.8. The summed E-state index contributed by atoms with van der Waals surface area (Å²) in [7, 11) is 1.71. The van der Waals surface area contributed by atoms with Gasteiger partial charge in [0.05, 0.1) is 13.2 Å². The number of rotatable bonds is 9. The predicted octanol–water partition coefficient (Wildman–Crippen LogP) is 3.01. The molecule has 0 saturated carbocycles. The van der Waals surface area contributed by atoms with E-state index in [2.05, 4.69) is 28.5 Å². The fourth-order valence-electron chi connectivity index (χ4n) is 5.26. The van der Waals surface area contributed by atoms with Gasteiger partial charge in [-0.05, 0) is 74.2 Å². The van der Waals surface area contributed by atoms with Gasteiger partial charge in [-0.15, -0.1) is 0 Å². The molecule has 2 heterocycles. The largest absolute Gasteiger partial charge is 0.496 e. The molecular formula is C27H34FN3O4. The summed E-state index contributed by atoms with van der Waals surface area (Å²) < 4.78 is 25.3. The molecule has 2 aromatic carbocycles. The molecule has 0 aliphatic carbocycles. The van der Waals surface area contributed by atoms with Crippen molar-refractivity contribution in [2.24, 2.45) is 5.92 Å². The van der Waals surface area contributed by atoms with Crippen LogP contribution < -0.4 is 15.4 Å². The number of hydrogen-bond donors (Lipinski definition) is 2. The van der Waals surface area contributed by atoms with Crippen molar-refractivity contribution in [3.05, 3.63) is 64.5 Å². The van der Waals surface area contributed by atoms with Crippen LogP contribution in [0.1, 0.15) is 46.0 Å². The Morgan fingerprint density at radius 3 is 2.63 bits per heavy atom. The lowest BCUT2D eigenvalue weighted by Crippen LogP contribution is -2.44. The van der Waals surface area contributed by atoms with E-state index in [4.69, 9.17) is 9.47 Å². The van der Waals surface area contributed by atoms with Crippen molar-refractivity contribution < 1.29 is 23.5 Å². The Bertz CT molecular complexity index is 1020. The molecule has 2 amide bonds. The third-order valence-electron chi connectivity index (χ3n) is 7.15. The highest BCUT2D eigenvalue weighted by Crippen LogP contribution is 2.40. The standard InChI is InChI=1S/C27H34FN3O4/c1-18-3-8-22-23(26(18)34-2)15-24(35-25(22)16-29-17-32)19-9-12-31(13-10-19)14-11-30-27(33)20-4-6-21(28)7-5-20/h3-8,17,19,24-25H,9-16H2,1-2H3,(H,29,32)(H,30,33)/t24-,25-/m0/s1. The highest BCUT2D eigenvalue weighted by atomic mass is 19.1. The molecule has 2 aromatic rings. The number of methoxy groups -OCH3 is 1. The average Bonchev–Trinajstić information content (AvgIpc) is 2.87. The number of aryl methyl sites for hydroxylation is 1. The minimum atomic E-state index is -0.352. The van der Waals surface area contributed by atoms with Crippen LogP contribution in [0, 0.1) is 18.7 Å². The first kappa shape index (κ1) is 25.1. The average molecular weight is 484 g/mol. The number of ether oxygens (including phenoxy) is 2. The highest BCUT2D eigenvalue weighted by Gasteiger charge is 2.36. The van der Waals surface area contributed by atoms with Crippen LogP contribution in [0.4, 0.5) is 4.39 Å². The first-order chi connectivity index (χ1) is 17.0. The van der Waals surface area contributed by atoms with Crippen LogP contribution in [0.3, 0.4) is 0 Å². The van der Waals surface area contributed by atoms with E-state index in [0.717, 1.165) is 55.8 Å². The first-order valence-corrected chi connectivity index (χ1v) is 12.2. The number of likely N-dealkylation sites (tertiary alicyclic amines) is 1. The van der Waals surface area contributed by atoms with Gasteiger partial charge in [0.2, 0.25) is 6.41 Å². The SMILES string of the molecule is COc1c(C)ccc2c1C[C@@H](C1CCN(CCNC(=O)c3ccc(F)cc3)CC1)O[C@H]2CNC=O. The summed E-state index contributed by atoms with van der Waals surface area (Å²) in [6, 6.07) is 9.70. The van der Waals surface area contributed by atoms with Crippen LogP contribution in [0.25, 0.3) is 0 Å². The smallest absolute Gasteiger partial charge is 0.251 e. The fourth-order valence-corrected chi connectivity index (χ4v) is 5.26. The number of amides is 2. The van der Waals surface area contributed by atoms with E-state index in [9.17, 15) is 14.0 Å². The topological polar surface area (TPSA) is 79.9 Å². The van der Waals surface area contributed by atoms with Gasteiger partial charge in [0.1, 0.15) is 17.7 Å². The van der Waals surface area contributed by atoms with E-state index in [1.54, 1.807) is 7.11 Å². The quantitative estimate of drug-likeness (QED) is 0.536. The van der Waals surface area contributed by atoms with Crippen LogP contribution in [0.15, 0.2) is 36.4 Å². The van der Waals surface area contributed by atoms with Gasteiger partial charge in [-0.1, -0.05) is 12.1 Å². The first-order valence-electron chi connectivity index (χ1n) is 12.2. The van der Waals surface area contributed by atoms with Gasteiger partial charge in [0, 0.05) is 37.2 Å². The van der Waals surface area contributed by atoms with Gasteiger partial charge in [0.25, 0.3) is 5.91 Å². The lowest BCUT2D eigenvalue weighted by atomic mass is 9.83. The summed E-state index contributed by atoms with van der Waals surface area (Å²) >= 11 is 0. The Morgan fingerprint density at radius 1 is 1.20 bits per heavy atom. The van der Waals surface area contributed by atoms with Gasteiger partial charge in [-0.2, -0.15) is 0 Å². The molecule has 2 N–H and O–H groups in total. The van der Waals surface area contributed by atoms with Crippen molar-refractivity contribution in [1.29, 1.82) is 0 Å².